The molecule has 1 amide bonds. The average molecular weight is 284 g/mol. The highest BCUT2D eigenvalue weighted by atomic mass is 32.1. The maximum Gasteiger partial charge on any atom is 0.223 e. The SMILES string of the molecule is CC(=O)Nc1nc2ccc(-c3ccccc3N)nc2s1. The van der Waals surface area contributed by atoms with Crippen molar-refractivity contribution < 1.29 is 4.79 Å². The first kappa shape index (κ1) is 12.6. The Morgan fingerprint density at radius 3 is 2.75 bits per heavy atom. The van der Waals surface area contributed by atoms with E-state index < -0.39 is 0 Å². The summed E-state index contributed by atoms with van der Waals surface area (Å²) in [5.41, 5.74) is 9.10. The topological polar surface area (TPSA) is 80.9 Å². The first-order chi connectivity index (χ1) is 9.63. The summed E-state index contributed by atoms with van der Waals surface area (Å²) in [6.45, 7) is 1.45. The summed E-state index contributed by atoms with van der Waals surface area (Å²) in [5.74, 6) is -0.142. The highest BCUT2D eigenvalue weighted by Gasteiger charge is 2.09. The van der Waals surface area contributed by atoms with Crippen molar-refractivity contribution in [3.63, 3.8) is 0 Å². The zero-order chi connectivity index (χ0) is 14.1. The number of benzene rings is 1. The van der Waals surface area contributed by atoms with Gasteiger partial charge in [0.2, 0.25) is 5.91 Å². The fourth-order valence-corrected chi connectivity index (χ4v) is 2.79. The van der Waals surface area contributed by atoms with Gasteiger partial charge in [0.25, 0.3) is 0 Å². The van der Waals surface area contributed by atoms with E-state index >= 15 is 0 Å². The van der Waals surface area contributed by atoms with Crippen molar-refractivity contribution >= 4 is 38.4 Å². The number of hydrogen-bond acceptors (Lipinski definition) is 5. The third kappa shape index (κ3) is 2.33. The second kappa shape index (κ2) is 4.90. The molecule has 3 rings (SSSR count). The number of nitrogens with two attached hydrogens (primary N) is 1. The lowest BCUT2D eigenvalue weighted by Crippen LogP contribution is -2.04. The van der Waals surface area contributed by atoms with Crippen molar-refractivity contribution in [1.82, 2.24) is 9.97 Å². The van der Waals surface area contributed by atoms with Crippen LogP contribution in [-0.4, -0.2) is 15.9 Å². The molecule has 0 saturated heterocycles. The van der Waals surface area contributed by atoms with Crippen molar-refractivity contribution in [3.05, 3.63) is 36.4 Å². The standard InChI is InChI=1S/C14H12N4OS/c1-8(19)16-14-18-12-7-6-11(17-13(12)20-14)9-4-2-3-5-10(9)15/h2-7H,15H2,1H3,(H,16,18,19). The van der Waals surface area contributed by atoms with Crippen LogP contribution in [0, 0.1) is 0 Å². The second-order valence-corrected chi connectivity index (χ2v) is 5.29. The van der Waals surface area contributed by atoms with Gasteiger partial charge in [0.1, 0.15) is 10.3 Å². The van der Waals surface area contributed by atoms with Crippen LogP contribution >= 0.6 is 11.3 Å². The van der Waals surface area contributed by atoms with Crippen molar-refractivity contribution in [1.29, 1.82) is 0 Å². The molecule has 0 atom stereocenters. The number of aromatic nitrogens is 2. The van der Waals surface area contributed by atoms with Gasteiger partial charge in [0.15, 0.2) is 5.13 Å². The van der Waals surface area contributed by atoms with Crippen molar-refractivity contribution in [2.24, 2.45) is 0 Å². The number of para-hydroxylation sites is 1. The zero-order valence-electron chi connectivity index (χ0n) is 10.8. The Bertz CT molecular complexity index is 797. The molecule has 0 saturated carbocycles. The fraction of sp³-hybridized carbons (Fsp3) is 0.0714. The number of carbonyl (C=O) groups is 1. The first-order valence-corrected chi connectivity index (χ1v) is 6.85. The smallest absolute Gasteiger partial charge is 0.223 e. The maximum atomic E-state index is 11.0. The van der Waals surface area contributed by atoms with E-state index in [9.17, 15) is 4.79 Å². The van der Waals surface area contributed by atoms with E-state index in [0.717, 1.165) is 21.6 Å². The molecule has 0 spiro atoms. The number of carbonyl (C=O) groups excluding carboxylic acids is 1. The lowest BCUT2D eigenvalue weighted by atomic mass is 10.1. The molecule has 0 aliphatic rings. The van der Waals surface area contributed by atoms with Crippen LogP contribution in [0.2, 0.25) is 0 Å². The monoisotopic (exact) mass is 284 g/mol. The molecule has 100 valence electrons. The van der Waals surface area contributed by atoms with Crippen LogP contribution in [0.1, 0.15) is 6.92 Å². The van der Waals surface area contributed by atoms with E-state index in [0.29, 0.717) is 10.8 Å². The molecular weight excluding hydrogens is 272 g/mol. The Balaban J connectivity index is 2.07. The van der Waals surface area contributed by atoms with E-state index in [1.54, 1.807) is 0 Å². The lowest BCUT2D eigenvalue weighted by molar-refractivity contribution is -0.114. The highest BCUT2D eigenvalue weighted by Crippen LogP contribution is 2.29. The second-order valence-electron chi connectivity index (χ2n) is 4.31. The Hall–Kier alpha value is -2.47. The number of nitrogens with zero attached hydrogens (tertiary/aromatic N) is 2. The normalized spacial score (nSPS) is 10.7. The van der Waals surface area contributed by atoms with E-state index in [-0.39, 0.29) is 5.91 Å². The molecule has 0 unspecified atom stereocenters. The van der Waals surface area contributed by atoms with Crippen LogP contribution in [-0.2, 0) is 4.79 Å². The molecule has 0 fully saturated rings. The number of nitrogens with one attached hydrogen (secondary N) is 1. The van der Waals surface area contributed by atoms with E-state index in [1.807, 2.05) is 36.4 Å². The minimum Gasteiger partial charge on any atom is -0.398 e. The summed E-state index contributed by atoms with van der Waals surface area (Å²) in [6, 6.07) is 11.3. The number of rotatable bonds is 2. The van der Waals surface area contributed by atoms with Gasteiger partial charge in [-0.15, -0.1) is 0 Å². The summed E-state index contributed by atoms with van der Waals surface area (Å²) in [6.07, 6.45) is 0. The Kier molecular flexibility index (Phi) is 3.08. The van der Waals surface area contributed by atoms with Gasteiger partial charge in [-0.2, -0.15) is 0 Å². The van der Waals surface area contributed by atoms with E-state index in [4.69, 9.17) is 5.73 Å². The molecule has 1 aromatic carbocycles. The lowest BCUT2D eigenvalue weighted by Gasteiger charge is -2.03. The number of pyridine rings is 1. The van der Waals surface area contributed by atoms with Crippen LogP contribution in [0.5, 0.6) is 0 Å². The molecule has 2 heterocycles. The zero-order valence-corrected chi connectivity index (χ0v) is 11.6. The average Bonchev–Trinajstić information content (AvgIpc) is 2.79. The van der Waals surface area contributed by atoms with E-state index in [2.05, 4.69) is 15.3 Å². The van der Waals surface area contributed by atoms with Gasteiger partial charge in [-0.25, -0.2) is 9.97 Å². The molecule has 2 aromatic heterocycles. The minimum absolute atomic E-state index is 0.142. The molecular formula is C14H12N4OS. The Morgan fingerprint density at radius 2 is 2.00 bits per heavy atom. The van der Waals surface area contributed by atoms with E-state index in [1.165, 1.54) is 18.3 Å². The van der Waals surface area contributed by atoms with Gasteiger partial charge in [-0.05, 0) is 18.2 Å². The Morgan fingerprint density at radius 1 is 1.20 bits per heavy atom. The van der Waals surface area contributed by atoms with Gasteiger partial charge in [-0.3, -0.25) is 4.79 Å². The molecule has 0 radical (unpaired) electrons. The van der Waals surface area contributed by atoms with Crippen LogP contribution in [0.25, 0.3) is 21.6 Å². The quantitative estimate of drug-likeness (QED) is 0.709. The number of hydrogen-bond donors (Lipinski definition) is 2. The molecule has 0 aliphatic heterocycles. The van der Waals surface area contributed by atoms with Crippen LogP contribution in [0.15, 0.2) is 36.4 Å². The molecule has 3 aromatic rings. The molecule has 20 heavy (non-hydrogen) atoms. The number of nitrogen functional groups attached to an aromatic ring is 1. The van der Waals surface area contributed by atoms with Crippen molar-refractivity contribution in [2.75, 3.05) is 11.1 Å². The summed E-state index contributed by atoms with van der Waals surface area (Å²) in [5, 5.41) is 3.22. The maximum absolute atomic E-state index is 11.0. The van der Waals surface area contributed by atoms with Crippen LogP contribution in [0.3, 0.4) is 0 Å². The first-order valence-electron chi connectivity index (χ1n) is 6.03. The fourth-order valence-electron chi connectivity index (χ4n) is 1.90. The summed E-state index contributed by atoms with van der Waals surface area (Å²) >= 11 is 1.35. The summed E-state index contributed by atoms with van der Waals surface area (Å²) in [7, 11) is 0. The Labute approximate surface area is 119 Å². The van der Waals surface area contributed by atoms with Crippen LogP contribution in [0.4, 0.5) is 10.8 Å². The highest BCUT2D eigenvalue weighted by molar-refractivity contribution is 7.21. The predicted octanol–water partition coefficient (Wildman–Crippen LogP) is 2.90. The van der Waals surface area contributed by atoms with Gasteiger partial charge in [-0.1, -0.05) is 29.5 Å². The van der Waals surface area contributed by atoms with Gasteiger partial charge in [0, 0.05) is 18.2 Å². The molecule has 5 nitrogen and oxygen atoms in total. The molecule has 0 bridgehead atoms. The van der Waals surface area contributed by atoms with Gasteiger partial charge < -0.3 is 11.1 Å². The molecule has 0 aliphatic carbocycles. The molecule has 6 heteroatoms. The largest absolute Gasteiger partial charge is 0.398 e. The number of anilines is 2. The summed E-state index contributed by atoms with van der Waals surface area (Å²) in [4.78, 5) is 20.7. The van der Waals surface area contributed by atoms with Gasteiger partial charge >= 0.3 is 0 Å². The number of thiazole rings is 1. The van der Waals surface area contributed by atoms with Crippen LogP contribution < -0.4 is 11.1 Å². The number of amides is 1. The minimum atomic E-state index is -0.142. The van der Waals surface area contributed by atoms with Gasteiger partial charge in [0.05, 0.1) is 5.69 Å². The van der Waals surface area contributed by atoms with Crippen molar-refractivity contribution in [2.45, 2.75) is 6.92 Å². The predicted molar refractivity (Wildman–Crippen MR) is 81.6 cm³/mol. The third-order valence-corrected chi connectivity index (χ3v) is 3.66. The number of fused-ring (bicyclic) bond motifs is 1. The van der Waals surface area contributed by atoms with Crippen molar-refractivity contribution in [3.8, 4) is 11.3 Å². The summed E-state index contributed by atoms with van der Waals surface area (Å²) < 4.78 is 0. The third-order valence-electron chi connectivity index (χ3n) is 2.78. The molecule has 3 N–H and O–H groups in total.